The largest absolute Gasteiger partial charge is 0.369 e. The molecule has 3 aromatic rings. The first kappa shape index (κ1) is 15.1. The number of aromatic amines is 1. The summed E-state index contributed by atoms with van der Waals surface area (Å²) in [5.41, 5.74) is 7.59. The Hall–Kier alpha value is -2.34. The summed E-state index contributed by atoms with van der Waals surface area (Å²) >= 11 is 0. The van der Waals surface area contributed by atoms with Gasteiger partial charge in [-0.1, -0.05) is 37.3 Å². The highest BCUT2D eigenvalue weighted by atomic mass is 35.5. The van der Waals surface area contributed by atoms with Crippen molar-refractivity contribution in [3.63, 3.8) is 0 Å². The van der Waals surface area contributed by atoms with Crippen LogP contribution < -0.4 is 11.3 Å². The molecule has 21 heavy (non-hydrogen) atoms. The Morgan fingerprint density at radius 3 is 2.76 bits per heavy atom. The van der Waals surface area contributed by atoms with Crippen molar-refractivity contribution < 1.29 is 0 Å². The molecule has 0 bridgehead atoms. The predicted molar refractivity (Wildman–Crippen MR) is 84.7 cm³/mol. The fourth-order valence-electron chi connectivity index (χ4n) is 2.27. The standard InChI is InChI=1S/C14H15N5O.ClH/c1-9(10-5-3-2-4-6-10)7-19-13(20)11-12(17-8-16-11)18-14(19)15;/h2-6,8-9H,7H2,1H3,(H2,15,18)(H,16,17);1H. The van der Waals surface area contributed by atoms with Crippen molar-refractivity contribution in [3.05, 3.63) is 52.6 Å². The van der Waals surface area contributed by atoms with Gasteiger partial charge in [0.15, 0.2) is 11.2 Å². The minimum atomic E-state index is -0.187. The summed E-state index contributed by atoms with van der Waals surface area (Å²) < 4.78 is 1.48. The van der Waals surface area contributed by atoms with Crippen molar-refractivity contribution in [2.75, 3.05) is 5.73 Å². The lowest BCUT2D eigenvalue weighted by molar-refractivity contribution is 0.584. The van der Waals surface area contributed by atoms with Crippen molar-refractivity contribution in [3.8, 4) is 0 Å². The highest BCUT2D eigenvalue weighted by molar-refractivity contribution is 5.85. The van der Waals surface area contributed by atoms with Crippen molar-refractivity contribution in [1.29, 1.82) is 0 Å². The molecule has 0 fully saturated rings. The lowest BCUT2D eigenvalue weighted by atomic mass is 10.0. The lowest BCUT2D eigenvalue weighted by Crippen LogP contribution is -2.26. The Morgan fingerprint density at radius 2 is 2.05 bits per heavy atom. The summed E-state index contributed by atoms with van der Waals surface area (Å²) in [6.45, 7) is 2.54. The molecule has 0 saturated heterocycles. The molecule has 0 aliphatic carbocycles. The Kier molecular flexibility index (Phi) is 4.28. The average Bonchev–Trinajstić information content (AvgIpc) is 2.92. The zero-order valence-electron chi connectivity index (χ0n) is 11.5. The van der Waals surface area contributed by atoms with Crippen LogP contribution in [0.5, 0.6) is 0 Å². The van der Waals surface area contributed by atoms with E-state index in [2.05, 4.69) is 21.9 Å². The smallest absolute Gasteiger partial charge is 0.280 e. The summed E-state index contributed by atoms with van der Waals surface area (Å²) in [6.07, 6.45) is 1.45. The second-order valence-corrected chi connectivity index (χ2v) is 4.80. The Bertz CT molecular complexity index is 796. The van der Waals surface area contributed by atoms with E-state index >= 15 is 0 Å². The van der Waals surface area contributed by atoms with E-state index in [4.69, 9.17) is 5.73 Å². The fraction of sp³-hybridized carbons (Fsp3) is 0.214. The molecule has 0 aliphatic heterocycles. The van der Waals surface area contributed by atoms with Gasteiger partial charge in [0.2, 0.25) is 5.95 Å². The van der Waals surface area contributed by atoms with Crippen molar-refractivity contribution in [2.24, 2.45) is 0 Å². The van der Waals surface area contributed by atoms with Crippen LogP contribution in [0.25, 0.3) is 11.2 Å². The second-order valence-electron chi connectivity index (χ2n) is 4.80. The topological polar surface area (TPSA) is 89.6 Å². The Balaban J connectivity index is 0.00000161. The van der Waals surface area contributed by atoms with E-state index in [-0.39, 0.29) is 29.8 Å². The van der Waals surface area contributed by atoms with Gasteiger partial charge < -0.3 is 10.7 Å². The Labute approximate surface area is 127 Å². The van der Waals surface area contributed by atoms with Crippen LogP contribution >= 0.6 is 12.4 Å². The number of nitrogen functional groups attached to an aromatic ring is 1. The molecule has 110 valence electrons. The van der Waals surface area contributed by atoms with E-state index in [1.165, 1.54) is 10.9 Å². The van der Waals surface area contributed by atoms with Gasteiger partial charge in [0.25, 0.3) is 5.56 Å². The number of rotatable bonds is 3. The molecule has 1 unspecified atom stereocenters. The number of nitrogens with two attached hydrogens (primary N) is 1. The molecule has 2 aromatic heterocycles. The third-order valence-electron chi connectivity index (χ3n) is 3.40. The molecule has 3 rings (SSSR count). The number of nitrogens with zero attached hydrogens (tertiary/aromatic N) is 3. The van der Waals surface area contributed by atoms with Gasteiger partial charge in [-0.15, -0.1) is 12.4 Å². The van der Waals surface area contributed by atoms with Gasteiger partial charge in [0.1, 0.15) is 0 Å². The summed E-state index contributed by atoms with van der Waals surface area (Å²) in [5, 5.41) is 0. The second kappa shape index (κ2) is 5.97. The third kappa shape index (κ3) is 2.75. The van der Waals surface area contributed by atoms with Gasteiger partial charge in [0, 0.05) is 6.54 Å². The van der Waals surface area contributed by atoms with E-state index in [1.54, 1.807) is 0 Å². The minimum absolute atomic E-state index is 0. The molecule has 1 aromatic carbocycles. The van der Waals surface area contributed by atoms with Crippen LogP contribution in [0.3, 0.4) is 0 Å². The highest BCUT2D eigenvalue weighted by Gasteiger charge is 2.14. The van der Waals surface area contributed by atoms with E-state index < -0.39 is 0 Å². The quantitative estimate of drug-likeness (QED) is 0.773. The van der Waals surface area contributed by atoms with Crippen LogP contribution in [0.2, 0.25) is 0 Å². The average molecular weight is 306 g/mol. The molecule has 0 saturated carbocycles. The van der Waals surface area contributed by atoms with Gasteiger partial charge in [-0.3, -0.25) is 9.36 Å². The number of anilines is 1. The van der Waals surface area contributed by atoms with Crippen LogP contribution in [-0.2, 0) is 6.54 Å². The van der Waals surface area contributed by atoms with Gasteiger partial charge in [-0.2, -0.15) is 4.98 Å². The fourth-order valence-corrected chi connectivity index (χ4v) is 2.27. The molecule has 7 heteroatoms. The van der Waals surface area contributed by atoms with Gasteiger partial charge in [-0.05, 0) is 11.5 Å². The predicted octanol–water partition coefficient (Wildman–Crippen LogP) is 1.93. The molecule has 2 heterocycles. The van der Waals surface area contributed by atoms with Crippen LogP contribution in [-0.4, -0.2) is 19.5 Å². The Morgan fingerprint density at radius 1 is 1.33 bits per heavy atom. The normalized spacial score (nSPS) is 12.0. The molecule has 0 radical (unpaired) electrons. The first-order valence-corrected chi connectivity index (χ1v) is 6.41. The van der Waals surface area contributed by atoms with Crippen molar-refractivity contribution in [1.82, 2.24) is 19.5 Å². The summed E-state index contributed by atoms with van der Waals surface area (Å²) in [6, 6.07) is 10.00. The lowest BCUT2D eigenvalue weighted by Gasteiger charge is -2.15. The molecule has 1 atom stereocenters. The molecular formula is C14H16ClN5O. The van der Waals surface area contributed by atoms with E-state index in [9.17, 15) is 4.79 Å². The number of imidazole rings is 1. The SMILES string of the molecule is CC(Cn1c(N)nc2nc[nH]c2c1=O)c1ccccc1.Cl. The van der Waals surface area contributed by atoms with E-state index in [1.807, 2.05) is 30.3 Å². The zero-order chi connectivity index (χ0) is 14.1. The number of benzene rings is 1. The third-order valence-corrected chi connectivity index (χ3v) is 3.40. The zero-order valence-corrected chi connectivity index (χ0v) is 12.3. The molecule has 0 aliphatic rings. The maximum absolute atomic E-state index is 12.3. The first-order chi connectivity index (χ1) is 9.66. The minimum Gasteiger partial charge on any atom is -0.369 e. The highest BCUT2D eigenvalue weighted by Crippen LogP contribution is 2.17. The van der Waals surface area contributed by atoms with Crippen LogP contribution in [0.4, 0.5) is 5.95 Å². The molecule has 3 N–H and O–H groups in total. The number of hydrogen-bond donors (Lipinski definition) is 2. The van der Waals surface area contributed by atoms with E-state index in [0.29, 0.717) is 17.7 Å². The van der Waals surface area contributed by atoms with Gasteiger partial charge >= 0.3 is 0 Å². The number of hydrogen-bond acceptors (Lipinski definition) is 4. The maximum Gasteiger partial charge on any atom is 0.280 e. The van der Waals surface area contributed by atoms with Crippen molar-refractivity contribution in [2.45, 2.75) is 19.4 Å². The molecule has 0 spiro atoms. The van der Waals surface area contributed by atoms with Crippen molar-refractivity contribution >= 4 is 29.5 Å². The van der Waals surface area contributed by atoms with Gasteiger partial charge in [-0.25, -0.2) is 4.98 Å². The first-order valence-electron chi connectivity index (χ1n) is 6.41. The van der Waals surface area contributed by atoms with Crippen LogP contribution in [0.15, 0.2) is 41.5 Å². The van der Waals surface area contributed by atoms with Gasteiger partial charge in [0.05, 0.1) is 6.33 Å². The summed E-state index contributed by atoms with van der Waals surface area (Å²) in [5.74, 6) is 0.357. The van der Waals surface area contributed by atoms with E-state index in [0.717, 1.165) is 5.56 Å². The summed E-state index contributed by atoms with van der Waals surface area (Å²) in [4.78, 5) is 23.3. The molecule has 6 nitrogen and oxygen atoms in total. The molecule has 0 amide bonds. The number of aromatic nitrogens is 4. The number of H-pyrrole nitrogens is 1. The molecular weight excluding hydrogens is 290 g/mol. The number of nitrogens with one attached hydrogen (secondary N) is 1. The number of fused-ring (bicyclic) bond motifs is 1. The maximum atomic E-state index is 12.3. The monoisotopic (exact) mass is 305 g/mol. The van der Waals surface area contributed by atoms with Crippen LogP contribution in [0.1, 0.15) is 18.4 Å². The number of halogens is 1. The summed E-state index contributed by atoms with van der Waals surface area (Å²) in [7, 11) is 0. The van der Waals surface area contributed by atoms with Crippen LogP contribution in [0, 0.1) is 0 Å².